The zero-order valence-electron chi connectivity index (χ0n) is 12.3. The first-order valence-electron chi connectivity index (χ1n) is 6.86. The van der Waals surface area contributed by atoms with Crippen LogP contribution in [0.3, 0.4) is 0 Å². The lowest BCUT2D eigenvalue weighted by molar-refractivity contribution is 0.245. The van der Waals surface area contributed by atoms with E-state index in [1.165, 1.54) is 0 Å². The number of nitrogens with zero attached hydrogens (tertiary/aromatic N) is 2. The predicted molar refractivity (Wildman–Crippen MR) is 85.6 cm³/mol. The molecule has 0 radical (unpaired) electrons. The maximum atomic E-state index is 11.7. The third kappa shape index (κ3) is 2.58. The number of carbonyl (C=O) groups is 1. The zero-order chi connectivity index (χ0) is 15.5. The maximum absolute atomic E-state index is 11.7. The van der Waals surface area contributed by atoms with Crippen LogP contribution in [-0.4, -0.2) is 29.7 Å². The van der Waals surface area contributed by atoms with Crippen molar-refractivity contribution >= 4 is 22.8 Å². The summed E-state index contributed by atoms with van der Waals surface area (Å²) in [4.78, 5) is 15.9. The standard InChI is InChI=1S/C16H16N4O2/c1-17-15-10-13(5-7-19-15)22-12-3-4-14-11(9-12)6-8-20(14)16(21)18-2/h3-10H,1-2H3,(H,17,19)(H,18,21). The second kappa shape index (κ2) is 5.77. The molecule has 3 rings (SSSR count). The summed E-state index contributed by atoms with van der Waals surface area (Å²) in [6, 6.07) is 10.9. The highest BCUT2D eigenvalue weighted by Gasteiger charge is 2.08. The Morgan fingerprint density at radius 3 is 2.73 bits per heavy atom. The van der Waals surface area contributed by atoms with E-state index in [0.717, 1.165) is 16.7 Å². The molecule has 0 atom stereocenters. The summed E-state index contributed by atoms with van der Waals surface area (Å²) in [5.74, 6) is 2.14. The van der Waals surface area contributed by atoms with Gasteiger partial charge in [0.1, 0.15) is 17.3 Å². The number of pyridine rings is 1. The van der Waals surface area contributed by atoms with Gasteiger partial charge in [-0.1, -0.05) is 0 Å². The Labute approximate surface area is 127 Å². The van der Waals surface area contributed by atoms with E-state index >= 15 is 0 Å². The van der Waals surface area contributed by atoms with Crippen molar-refractivity contribution in [3.05, 3.63) is 48.8 Å². The van der Waals surface area contributed by atoms with E-state index in [1.54, 1.807) is 37.1 Å². The molecule has 112 valence electrons. The van der Waals surface area contributed by atoms with Crippen molar-refractivity contribution in [1.82, 2.24) is 14.9 Å². The minimum atomic E-state index is -0.170. The normalized spacial score (nSPS) is 10.5. The van der Waals surface area contributed by atoms with Crippen molar-refractivity contribution in [2.75, 3.05) is 19.4 Å². The molecule has 0 aliphatic heterocycles. The molecule has 2 heterocycles. The lowest BCUT2D eigenvalue weighted by Gasteiger charge is -2.08. The van der Waals surface area contributed by atoms with Crippen LogP contribution in [0.4, 0.5) is 10.6 Å². The molecule has 0 spiro atoms. The Hall–Kier alpha value is -3.02. The monoisotopic (exact) mass is 296 g/mol. The van der Waals surface area contributed by atoms with Gasteiger partial charge >= 0.3 is 6.03 Å². The highest BCUT2D eigenvalue weighted by atomic mass is 16.5. The van der Waals surface area contributed by atoms with Crippen molar-refractivity contribution < 1.29 is 9.53 Å². The third-order valence-corrected chi connectivity index (χ3v) is 3.32. The van der Waals surface area contributed by atoms with Crippen molar-refractivity contribution in [2.24, 2.45) is 0 Å². The largest absolute Gasteiger partial charge is 0.457 e. The molecule has 0 saturated carbocycles. The van der Waals surface area contributed by atoms with E-state index in [4.69, 9.17) is 4.74 Å². The van der Waals surface area contributed by atoms with E-state index in [9.17, 15) is 4.79 Å². The van der Waals surface area contributed by atoms with Crippen LogP contribution in [0, 0.1) is 0 Å². The highest BCUT2D eigenvalue weighted by molar-refractivity contribution is 5.92. The summed E-state index contributed by atoms with van der Waals surface area (Å²) in [7, 11) is 3.41. The summed E-state index contributed by atoms with van der Waals surface area (Å²) >= 11 is 0. The second-order valence-corrected chi connectivity index (χ2v) is 4.69. The predicted octanol–water partition coefficient (Wildman–Crippen LogP) is 3.06. The van der Waals surface area contributed by atoms with Crippen LogP contribution in [-0.2, 0) is 0 Å². The molecule has 1 aromatic carbocycles. The van der Waals surface area contributed by atoms with Gasteiger partial charge in [0.05, 0.1) is 5.52 Å². The average molecular weight is 296 g/mol. The second-order valence-electron chi connectivity index (χ2n) is 4.69. The Balaban J connectivity index is 1.90. The third-order valence-electron chi connectivity index (χ3n) is 3.32. The van der Waals surface area contributed by atoms with Gasteiger partial charge in [-0.25, -0.2) is 9.78 Å². The maximum Gasteiger partial charge on any atom is 0.325 e. The topological polar surface area (TPSA) is 68.2 Å². The van der Waals surface area contributed by atoms with Crippen LogP contribution in [0.15, 0.2) is 48.8 Å². The molecule has 0 bridgehead atoms. The lowest BCUT2D eigenvalue weighted by atomic mass is 10.2. The number of ether oxygens (including phenoxy) is 1. The molecular weight excluding hydrogens is 280 g/mol. The fourth-order valence-electron chi connectivity index (χ4n) is 2.23. The van der Waals surface area contributed by atoms with Crippen LogP contribution in [0.5, 0.6) is 11.5 Å². The number of nitrogens with one attached hydrogen (secondary N) is 2. The number of hydrogen-bond acceptors (Lipinski definition) is 4. The number of amides is 1. The van der Waals surface area contributed by atoms with Gasteiger partial charge in [-0.05, 0) is 30.3 Å². The van der Waals surface area contributed by atoms with Crippen molar-refractivity contribution in [3.8, 4) is 11.5 Å². The van der Waals surface area contributed by atoms with E-state index in [2.05, 4.69) is 15.6 Å². The van der Waals surface area contributed by atoms with Gasteiger partial charge < -0.3 is 15.4 Å². The van der Waals surface area contributed by atoms with Gasteiger partial charge in [0.2, 0.25) is 0 Å². The number of carbonyl (C=O) groups excluding carboxylic acids is 1. The molecule has 2 aromatic heterocycles. The van der Waals surface area contributed by atoms with Gasteiger partial charge in [0.15, 0.2) is 0 Å². The first-order chi connectivity index (χ1) is 10.7. The number of benzene rings is 1. The summed E-state index contributed by atoms with van der Waals surface area (Å²) in [5, 5.41) is 6.51. The van der Waals surface area contributed by atoms with Crippen LogP contribution < -0.4 is 15.4 Å². The molecule has 22 heavy (non-hydrogen) atoms. The Bertz CT molecular complexity index is 826. The molecule has 0 aliphatic carbocycles. The first kappa shape index (κ1) is 13.9. The first-order valence-corrected chi connectivity index (χ1v) is 6.86. The van der Waals surface area contributed by atoms with Crippen molar-refractivity contribution in [2.45, 2.75) is 0 Å². The molecular formula is C16H16N4O2. The SMILES string of the molecule is CNC(=O)n1ccc2cc(Oc3ccnc(NC)c3)ccc21. The molecule has 6 nitrogen and oxygen atoms in total. The van der Waals surface area contributed by atoms with Crippen LogP contribution in [0.25, 0.3) is 10.9 Å². The summed E-state index contributed by atoms with van der Waals surface area (Å²) in [6.07, 6.45) is 3.42. The number of anilines is 1. The van der Waals surface area contributed by atoms with Gasteiger partial charge in [-0.2, -0.15) is 0 Å². The Kier molecular flexibility index (Phi) is 3.65. The molecule has 6 heteroatoms. The van der Waals surface area contributed by atoms with Crippen molar-refractivity contribution in [1.29, 1.82) is 0 Å². The van der Waals surface area contributed by atoms with E-state index in [1.807, 2.05) is 30.3 Å². The average Bonchev–Trinajstić information content (AvgIpc) is 2.97. The van der Waals surface area contributed by atoms with Crippen LogP contribution in [0.2, 0.25) is 0 Å². The van der Waals surface area contributed by atoms with Gasteiger partial charge in [-0.15, -0.1) is 0 Å². The summed E-state index contributed by atoms with van der Waals surface area (Å²) in [6.45, 7) is 0. The Morgan fingerprint density at radius 1 is 1.14 bits per heavy atom. The van der Waals surface area contributed by atoms with E-state index in [0.29, 0.717) is 11.5 Å². The number of hydrogen-bond donors (Lipinski definition) is 2. The van der Waals surface area contributed by atoms with E-state index < -0.39 is 0 Å². The number of fused-ring (bicyclic) bond motifs is 1. The number of aromatic nitrogens is 2. The zero-order valence-corrected chi connectivity index (χ0v) is 12.3. The van der Waals surface area contributed by atoms with Gasteiger partial charge in [0, 0.05) is 37.9 Å². The molecule has 0 aliphatic rings. The molecule has 2 N–H and O–H groups in total. The molecule has 1 amide bonds. The van der Waals surface area contributed by atoms with Crippen LogP contribution in [0.1, 0.15) is 0 Å². The van der Waals surface area contributed by atoms with E-state index in [-0.39, 0.29) is 6.03 Å². The Morgan fingerprint density at radius 2 is 1.95 bits per heavy atom. The molecule has 0 unspecified atom stereocenters. The molecule has 0 fully saturated rings. The van der Waals surface area contributed by atoms with Gasteiger partial charge in [-0.3, -0.25) is 4.57 Å². The minimum Gasteiger partial charge on any atom is -0.457 e. The summed E-state index contributed by atoms with van der Waals surface area (Å²) in [5.41, 5.74) is 0.831. The smallest absolute Gasteiger partial charge is 0.325 e. The summed E-state index contributed by atoms with van der Waals surface area (Å²) < 4.78 is 7.40. The fraction of sp³-hybridized carbons (Fsp3) is 0.125. The van der Waals surface area contributed by atoms with Gasteiger partial charge in [0.25, 0.3) is 0 Å². The minimum absolute atomic E-state index is 0.170. The highest BCUT2D eigenvalue weighted by Crippen LogP contribution is 2.27. The molecule has 0 saturated heterocycles. The fourth-order valence-corrected chi connectivity index (χ4v) is 2.23. The molecule has 3 aromatic rings. The van der Waals surface area contributed by atoms with Crippen molar-refractivity contribution in [3.63, 3.8) is 0 Å². The van der Waals surface area contributed by atoms with Crippen LogP contribution >= 0.6 is 0 Å². The number of rotatable bonds is 3. The quantitative estimate of drug-likeness (QED) is 0.779. The lowest BCUT2D eigenvalue weighted by Crippen LogP contribution is -2.23.